The first-order valence-electron chi connectivity index (χ1n) is 9.48. The van der Waals surface area contributed by atoms with Crippen molar-refractivity contribution >= 4 is 17.6 Å². The lowest BCUT2D eigenvalue weighted by Crippen LogP contribution is -2.42. The normalized spacial score (nSPS) is 19.9. The van der Waals surface area contributed by atoms with Gasteiger partial charge in [-0.1, -0.05) is 0 Å². The summed E-state index contributed by atoms with van der Waals surface area (Å²) >= 11 is 0. The molecule has 27 heavy (non-hydrogen) atoms. The third kappa shape index (κ3) is 5.15. The Morgan fingerprint density at radius 3 is 2.41 bits per heavy atom. The van der Waals surface area contributed by atoms with Crippen LogP contribution < -0.4 is 10.6 Å². The van der Waals surface area contributed by atoms with Gasteiger partial charge in [-0.05, 0) is 40.7 Å². The van der Waals surface area contributed by atoms with Crippen molar-refractivity contribution in [2.75, 3.05) is 20.6 Å². The summed E-state index contributed by atoms with van der Waals surface area (Å²) in [6, 6.07) is 0.480. The summed E-state index contributed by atoms with van der Waals surface area (Å²) in [5, 5.41) is 10.0. The van der Waals surface area contributed by atoms with Crippen LogP contribution in [0.15, 0.2) is 0 Å². The Bertz CT molecular complexity index is 712. The maximum Gasteiger partial charge on any atom is 0.221 e. The first kappa shape index (κ1) is 21.1. The second kappa shape index (κ2) is 9.12. The third-order valence-electron chi connectivity index (χ3n) is 5.50. The molecular weight excluding hydrogens is 346 g/mol. The first-order chi connectivity index (χ1) is 12.7. The molecule has 2 amide bonds. The second-order valence-corrected chi connectivity index (χ2v) is 7.31. The lowest BCUT2D eigenvalue weighted by Gasteiger charge is -2.25. The lowest BCUT2D eigenvalue weighted by atomic mass is 10.1. The van der Waals surface area contributed by atoms with Crippen molar-refractivity contribution in [3.05, 3.63) is 17.0 Å². The Morgan fingerprint density at radius 1 is 1.15 bits per heavy atom. The number of rotatable bonds is 8. The van der Waals surface area contributed by atoms with Crippen molar-refractivity contribution < 1.29 is 14.4 Å². The average molecular weight is 377 g/mol. The van der Waals surface area contributed by atoms with Crippen LogP contribution >= 0.6 is 0 Å². The average Bonchev–Trinajstić information content (AvgIpc) is 3.10. The fourth-order valence-electron chi connectivity index (χ4n) is 3.85. The molecule has 1 aromatic heterocycles. The summed E-state index contributed by atoms with van der Waals surface area (Å²) in [6.07, 6.45) is 2.74. The van der Waals surface area contributed by atoms with Crippen LogP contribution in [0.1, 0.15) is 54.4 Å². The van der Waals surface area contributed by atoms with E-state index in [-0.39, 0.29) is 29.7 Å². The van der Waals surface area contributed by atoms with Gasteiger partial charge in [0, 0.05) is 50.8 Å². The van der Waals surface area contributed by atoms with Gasteiger partial charge < -0.3 is 10.6 Å². The van der Waals surface area contributed by atoms with Crippen LogP contribution in [0.4, 0.5) is 0 Å². The smallest absolute Gasteiger partial charge is 0.221 e. The monoisotopic (exact) mass is 377 g/mol. The van der Waals surface area contributed by atoms with Crippen LogP contribution in [0.3, 0.4) is 0 Å². The van der Waals surface area contributed by atoms with Crippen LogP contribution in [0.25, 0.3) is 0 Å². The number of amides is 2. The van der Waals surface area contributed by atoms with Gasteiger partial charge in [-0.2, -0.15) is 5.10 Å². The first-order valence-corrected chi connectivity index (χ1v) is 9.48. The second-order valence-electron chi connectivity index (χ2n) is 7.31. The molecule has 2 N–H and O–H groups in total. The number of hydrogen-bond donors (Lipinski definition) is 2. The Labute approximate surface area is 160 Å². The van der Waals surface area contributed by atoms with E-state index in [0.717, 1.165) is 18.5 Å². The van der Waals surface area contributed by atoms with Gasteiger partial charge >= 0.3 is 0 Å². The predicted octanol–water partition coefficient (Wildman–Crippen LogP) is 0.808. The van der Waals surface area contributed by atoms with Crippen LogP contribution in [-0.2, 0) is 16.1 Å². The summed E-state index contributed by atoms with van der Waals surface area (Å²) < 4.78 is 1.73. The van der Waals surface area contributed by atoms with E-state index in [1.54, 1.807) is 11.7 Å². The number of carbonyl (C=O) groups excluding carboxylic acids is 3. The third-order valence-corrected chi connectivity index (χ3v) is 5.50. The number of ketones is 1. The van der Waals surface area contributed by atoms with Crippen molar-refractivity contribution in [2.45, 2.75) is 65.1 Å². The summed E-state index contributed by atoms with van der Waals surface area (Å²) in [5.41, 5.74) is 2.15. The van der Waals surface area contributed by atoms with Gasteiger partial charge in [0.05, 0.1) is 11.3 Å². The van der Waals surface area contributed by atoms with E-state index in [2.05, 4.69) is 20.6 Å². The number of likely N-dealkylation sites (N-methyl/N-ethyl adjacent to an activating group) is 1. The molecule has 0 bridgehead atoms. The molecule has 8 heteroatoms. The maximum absolute atomic E-state index is 12.2. The zero-order valence-electron chi connectivity index (χ0n) is 17.0. The molecule has 0 unspecified atom stereocenters. The van der Waals surface area contributed by atoms with Gasteiger partial charge in [0.1, 0.15) is 0 Å². The molecule has 1 aliphatic heterocycles. The largest absolute Gasteiger partial charge is 0.359 e. The predicted molar refractivity (Wildman–Crippen MR) is 103 cm³/mol. The number of likely N-dealkylation sites (tertiary alicyclic amines) is 1. The lowest BCUT2D eigenvalue weighted by molar-refractivity contribution is -0.122. The minimum Gasteiger partial charge on any atom is -0.359 e. The summed E-state index contributed by atoms with van der Waals surface area (Å²) in [5.74, 6) is 0.0118. The summed E-state index contributed by atoms with van der Waals surface area (Å²) in [6.45, 7) is 6.23. The van der Waals surface area contributed by atoms with Gasteiger partial charge in [-0.25, -0.2) is 0 Å². The molecule has 0 radical (unpaired) electrons. The molecular formula is C19H31N5O3. The Balaban J connectivity index is 1.80. The fourth-order valence-corrected chi connectivity index (χ4v) is 3.85. The molecule has 2 heterocycles. The molecule has 1 aliphatic rings. The minimum atomic E-state index is -0.0323. The Kier molecular flexibility index (Phi) is 7.12. The molecule has 1 saturated heterocycles. The zero-order chi connectivity index (χ0) is 20.1. The Morgan fingerprint density at radius 2 is 1.81 bits per heavy atom. The topological polar surface area (TPSA) is 96.3 Å². The molecule has 0 spiro atoms. The molecule has 0 aromatic carbocycles. The number of nitrogens with one attached hydrogen (secondary N) is 2. The summed E-state index contributed by atoms with van der Waals surface area (Å²) in [4.78, 5) is 37.6. The highest BCUT2D eigenvalue weighted by atomic mass is 16.2. The quantitative estimate of drug-likeness (QED) is 0.654. The number of aryl methyl sites for hydroxylation is 2. The van der Waals surface area contributed by atoms with Crippen LogP contribution in [0.5, 0.6) is 0 Å². The Hall–Kier alpha value is -2.22. The van der Waals surface area contributed by atoms with Crippen molar-refractivity contribution in [1.82, 2.24) is 25.3 Å². The van der Waals surface area contributed by atoms with Gasteiger partial charge in [0.2, 0.25) is 11.8 Å². The zero-order valence-corrected chi connectivity index (χ0v) is 17.0. The van der Waals surface area contributed by atoms with Crippen molar-refractivity contribution in [3.63, 3.8) is 0 Å². The van der Waals surface area contributed by atoms with Crippen molar-refractivity contribution in [2.24, 2.45) is 0 Å². The number of aromatic nitrogens is 2. The number of nitrogens with zero attached hydrogens (tertiary/aromatic N) is 3. The standard InChI is InChI=1S/C19H31N5O3/c1-12-19(14(3)25)13(2)24(22-12)9-8-17(26)21-11-16-7-6-15(23(16)5)10-18(27)20-4/h15-16H,6-11H2,1-5H3,(H,20,27)(H,21,26)/t15-,16+/m1/s1. The van der Waals surface area contributed by atoms with Crippen LogP contribution in [0, 0.1) is 13.8 Å². The van der Waals surface area contributed by atoms with Gasteiger partial charge in [-0.3, -0.25) is 24.0 Å². The minimum absolute atomic E-state index is 0.00344. The van der Waals surface area contributed by atoms with Crippen LogP contribution in [0.2, 0.25) is 0 Å². The molecule has 8 nitrogen and oxygen atoms in total. The highest BCUT2D eigenvalue weighted by Crippen LogP contribution is 2.24. The van der Waals surface area contributed by atoms with E-state index >= 15 is 0 Å². The molecule has 0 aliphatic carbocycles. The van der Waals surface area contributed by atoms with Gasteiger partial charge in [0.15, 0.2) is 5.78 Å². The SMILES string of the molecule is CNC(=O)C[C@H]1CC[C@@H](CNC(=O)CCn2nc(C)c(C(C)=O)c2C)N1C. The number of hydrogen-bond acceptors (Lipinski definition) is 5. The van der Waals surface area contributed by atoms with E-state index in [1.807, 2.05) is 20.9 Å². The number of carbonyl (C=O) groups is 3. The fraction of sp³-hybridized carbons (Fsp3) is 0.684. The van der Waals surface area contributed by atoms with Crippen LogP contribution in [-0.4, -0.2) is 65.0 Å². The van der Waals surface area contributed by atoms with E-state index in [4.69, 9.17) is 0 Å². The van der Waals surface area contributed by atoms with E-state index < -0.39 is 0 Å². The van der Waals surface area contributed by atoms with Crippen molar-refractivity contribution in [1.29, 1.82) is 0 Å². The van der Waals surface area contributed by atoms with Gasteiger partial charge in [0.25, 0.3) is 0 Å². The highest BCUT2D eigenvalue weighted by molar-refractivity contribution is 5.96. The maximum atomic E-state index is 12.2. The van der Waals surface area contributed by atoms with E-state index in [0.29, 0.717) is 37.2 Å². The molecule has 2 atom stereocenters. The summed E-state index contributed by atoms with van der Waals surface area (Å²) in [7, 11) is 3.66. The van der Waals surface area contributed by atoms with E-state index in [9.17, 15) is 14.4 Å². The molecule has 1 aromatic rings. The highest BCUT2D eigenvalue weighted by Gasteiger charge is 2.31. The molecule has 150 valence electrons. The van der Waals surface area contributed by atoms with Gasteiger partial charge in [-0.15, -0.1) is 0 Å². The number of Topliss-reactive ketones (excluding diaryl/α,β-unsaturated/α-hetero) is 1. The van der Waals surface area contributed by atoms with Crippen molar-refractivity contribution in [3.8, 4) is 0 Å². The molecule has 1 fully saturated rings. The van der Waals surface area contributed by atoms with E-state index in [1.165, 1.54) is 6.92 Å². The molecule has 2 rings (SSSR count). The molecule has 0 saturated carbocycles.